The average molecular weight is 179 g/mol. The topological polar surface area (TPSA) is 30.5 Å². The summed E-state index contributed by atoms with van der Waals surface area (Å²) in [6, 6.07) is 8.13. The fraction of sp³-hybridized carbons (Fsp3) is 0.400. The van der Waals surface area contributed by atoms with Gasteiger partial charge in [0, 0.05) is 6.42 Å². The predicted octanol–water partition coefficient (Wildman–Crippen LogP) is 1.14. The van der Waals surface area contributed by atoms with Crippen LogP contribution in [0, 0.1) is 0 Å². The molecule has 1 heterocycles. The molecule has 0 aliphatic carbocycles. The van der Waals surface area contributed by atoms with Crippen LogP contribution in [0.5, 0.6) is 5.75 Å². The van der Waals surface area contributed by atoms with Gasteiger partial charge in [0.1, 0.15) is 11.9 Å². The Balaban J connectivity index is 1.97. The number of rotatable bonds is 3. The summed E-state index contributed by atoms with van der Waals surface area (Å²) in [5, 5.41) is 0. The number of fused-ring (bicyclic) bond motifs is 1. The maximum Gasteiger partial charge on any atom is 0.123 e. The largest absolute Gasteiger partial charge is 0.488 e. The molecule has 1 aromatic rings. The summed E-state index contributed by atoms with van der Waals surface area (Å²) in [7, 11) is 1.61. The minimum Gasteiger partial charge on any atom is -0.488 e. The highest BCUT2D eigenvalue weighted by Crippen LogP contribution is 2.27. The highest BCUT2D eigenvalue weighted by atomic mass is 16.6. The lowest BCUT2D eigenvalue weighted by molar-refractivity contribution is 0.0634. The van der Waals surface area contributed by atoms with Crippen molar-refractivity contribution in [1.82, 2.24) is 5.48 Å². The molecule has 1 aliphatic heterocycles. The second kappa shape index (κ2) is 3.77. The van der Waals surface area contributed by atoms with Gasteiger partial charge in [-0.1, -0.05) is 18.2 Å². The molecular formula is C10H13NO2. The molecule has 13 heavy (non-hydrogen) atoms. The van der Waals surface area contributed by atoms with Gasteiger partial charge >= 0.3 is 0 Å². The monoisotopic (exact) mass is 179 g/mol. The summed E-state index contributed by atoms with van der Waals surface area (Å²) < 4.78 is 5.67. The zero-order valence-electron chi connectivity index (χ0n) is 7.62. The number of ether oxygens (including phenoxy) is 1. The smallest absolute Gasteiger partial charge is 0.123 e. The Hall–Kier alpha value is -1.06. The molecule has 70 valence electrons. The number of hydrogen-bond donors (Lipinski definition) is 1. The van der Waals surface area contributed by atoms with Gasteiger partial charge in [-0.15, -0.1) is 0 Å². The Bertz CT molecular complexity index is 263. The van der Waals surface area contributed by atoms with Crippen LogP contribution in [0.25, 0.3) is 0 Å². The van der Waals surface area contributed by atoms with E-state index in [1.54, 1.807) is 7.11 Å². The number of para-hydroxylation sites is 1. The number of hydrogen-bond acceptors (Lipinski definition) is 3. The normalized spacial score (nSPS) is 19.6. The Morgan fingerprint density at radius 2 is 2.38 bits per heavy atom. The number of hydroxylamine groups is 1. The minimum atomic E-state index is 0.206. The summed E-state index contributed by atoms with van der Waals surface area (Å²) >= 11 is 0. The van der Waals surface area contributed by atoms with Crippen LogP contribution >= 0.6 is 0 Å². The molecule has 0 aromatic heterocycles. The Kier molecular flexibility index (Phi) is 2.47. The third kappa shape index (κ3) is 1.82. The molecule has 0 radical (unpaired) electrons. The van der Waals surface area contributed by atoms with E-state index in [0.29, 0.717) is 0 Å². The van der Waals surface area contributed by atoms with Gasteiger partial charge in [0.2, 0.25) is 0 Å². The van der Waals surface area contributed by atoms with Gasteiger partial charge in [-0.05, 0) is 11.6 Å². The molecule has 0 saturated carbocycles. The minimum absolute atomic E-state index is 0.206. The van der Waals surface area contributed by atoms with E-state index < -0.39 is 0 Å². The van der Waals surface area contributed by atoms with E-state index in [1.165, 1.54) is 5.56 Å². The molecule has 0 spiro atoms. The van der Waals surface area contributed by atoms with Crippen molar-refractivity contribution in [3.05, 3.63) is 29.8 Å². The highest BCUT2D eigenvalue weighted by Gasteiger charge is 2.21. The van der Waals surface area contributed by atoms with Crippen molar-refractivity contribution in [2.45, 2.75) is 12.5 Å². The number of nitrogens with one attached hydrogen (secondary N) is 1. The van der Waals surface area contributed by atoms with Crippen LogP contribution in [0.1, 0.15) is 5.56 Å². The summed E-state index contributed by atoms with van der Waals surface area (Å²) in [6.45, 7) is 0.727. The van der Waals surface area contributed by atoms with Crippen LogP contribution in [0.3, 0.4) is 0 Å². The average Bonchev–Trinajstić information content (AvgIpc) is 2.57. The van der Waals surface area contributed by atoms with Crippen LogP contribution in [0.4, 0.5) is 0 Å². The first-order valence-electron chi connectivity index (χ1n) is 4.40. The molecule has 0 amide bonds. The summed E-state index contributed by atoms with van der Waals surface area (Å²) in [5.41, 5.74) is 4.08. The highest BCUT2D eigenvalue weighted by molar-refractivity contribution is 5.37. The van der Waals surface area contributed by atoms with Gasteiger partial charge < -0.3 is 9.57 Å². The molecule has 0 bridgehead atoms. The van der Waals surface area contributed by atoms with Crippen LogP contribution in [-0.2, 0) is 11.3 Å². The molecule has 1 unspecified atom stereocenters. The molecule has 0 fully saturated rings. The molecule has 1 aliphatic rings. The lowest BCUT2D eigenvalue weighted by Crippen LogP contribution is -2.29. The van der Waals surface area contributed by atoms with Crippen LogP contribution in [0.15, 0.2) is 24.3 Å². The van der Waals surface area contributed by atoms with Crippen molar-refractivity contribution in [2.24, 2.45) is 0 Å². The van der Waals surface area contributed by atoms with Gasteiger partial charge in [0.05, 0.1) is 13.7 Å². The summed E-state index contributed by atoms with van der Waals surface area (Å²) in [6.07, 6.45) is 1.17. The van der Waals surface area contributed by atoms with E-state index >= 15 is 0 Å². The Morgan fingerprint density at radius 3 is 3.15 bits per heavy atom. The van der Waals surface area contributed by atoms with Crippen LogP contribution < -0.4 is 10.2 Å². The maximum atomic E-state index is 5.67. The SMILES string of the molecule is CONCC1Cc2ccccc2O1. The maximum absolute atomic E-state index is 5.67. The fourth-order valence-corrected chi connectivity index (χ4v) is 1.54. The zero-order chi connectivity index (χ0) is 9.10. The van der Waals surface area contributed by atoms with Crippen molar-refractivity contribution in [2.75, 3.05) is 13.7 Å². The van der Waals surface area contributed by atoms with Crippen molar-refractivity contribution >= 4 is 0 Å². The Labute approximate surface area is 77.6 Å². The fourth-order valence-electron chi connectivity index (χ4n) is 1.54. The first-order valence-corrected chi connectivity index (χ1v) is 4.40. The van der Waals surface area contributed by atoms with Gasteiger partial charge in [0.15, 0.2) is 0 Å². The molecule has 1 N–H and O–H groups in total. The first-order chi connectivity index (χ1) is 6.40. The van der Waals surface area contributed by atoms with Crippen LogP contribution in [0.2, 0.25) is 0 Å². The van der Waals surface area contributed by atoms with Crippen molar-refractivity contribution in [3.8, 4) is 5.75 Å². The molecule has 0 saturated heterocycles. The van der Waals surface area contributed by atoms with Crippen molar-refractivity contribution < 1.29 is 9.57 Å². The van der Waals surface area contributed by atoms with Crippen molar-refractivity contribution in [3.63, 3.8) is 0 Å². The van der Waals surface area contributed by atoms with Gasteiger partial charge in [-0.25, -0.2) is 0 Å². The van der Waals surface area contributed by atoms with Gasteiger partial charge in [-0.3, -0.25) is 0 Å². The van der Waals surface area contributed by atoms with Crippen LogP contribution in [-0.4, -0.2) is 19.8 Å². The van der Waals surface area contributed by atoms with E-state index in [-0.39, 0.29) is 6.10 Å². The van der Waals surface area contributed by atoms with E-state index in [9.17, 15) is 0 Å². The third-order valence-electron chi connectivity index (χ3n) is 2.17. The quantitative estimate of drug-likeness (QED) is 0.706. The second-order valence-electron chi connectivity index (χ2n) is 3.10. The van der Waals surface area contributed by atoms with E-state index in [1.807, 2.05) is 18.2 Å². The lowest BCUT2D eigenvalue weighted by Gasteiger charge is -2.09. The van der Waals surface area contributed by atoms with Gasteiger partial charge in [-0.2, -0.15) is 5.48 Å². The molecule has 1 aromatic carbocycles. The standard InChI is InChI=1S/C10H13NO2/c1-12-11-7-9-6-8-4-2-3-5-10(8)13-9/h2-5,9,11H,6-7H2,1H3. The van der Waals surface area contributed by atoms with E-state index in [0.717, 1.165) is 18.7 Å². The third-order valence-corrected chi connectivity index (χ3v) is 2.17. The zero-order valence-corrected chi connectivity index (χ0v) is 7.62. The first kappa shape index (κ1) is 8.53. The summed E-state index contributed by atoms with van der Waals surface area (Å²) in [5.74, 6) is 1.01. The molecule has 3 heteroatoms. The van der Waals surface area contributed by atoms with E-state index in [2.05, 4.69) is 11.5 Å². The summed E-state index contributed by atoms with van der Waals surface area (Å²) in [4.78, 5) is 4.77. The van der Waals surface area contributed by atoms with E-state index in [4.69, 9.17) is 9.57 Å². The molecular weight excluding hydrogens is 166 g/mol. The molecule has 3 nitrogen and oxygen atoms in total. The van der Waals surface area contributed by atoms with Gasteiger partial charge in [0.25, 0.3) is 0 Å². The van der Waals surface area contributed by atoms with Crippen molar-refractivity contribution in [1.29, 1.82) is 0 Å². The molecule has 1 atom stereocenters. The Morgan fingerprint density at radius 1 is 1.54 bits per heavy atom. The predicted molar refractivity (Wildman–Crippen MR) is 49.6 cm³/mol. The number of benzene rings is 1. The molecule has 2 rings (SSSR count). The second-order valence-corrected chi connectivity index (χ2v) is 3.10. The lowest BCUT2D eigenvalue weighted by atomic mass is 10.1.